The average Bonchev–Trinajstić information content (AvgIpc) is 2.76. The summed E-state index contributed by atoms with van der Waals surface area (Å²) >= 11 is 3.28. The molecule has 0 unspecified atom stereocenters. The molecule has 0 saturated heterocycles. The van der Waals surface area contributed by atoms with Crippen molar-refractivity contribution in [2.75, 3.05) is 25.6 Å². The first kappa shape index (κ1) is 15.3. The number of hydrogen-bond donors (Lipinski definition) is 3. The smallest absolute Gasteiger partial charge is 0.332 e. The fraction of sp³-hybridized carbons (Fsp3) is 0.250. The largest absolute Gasteiger partial charge is 0.454 e. The molecule has 0 aliphatic carbocycles. The van der Waals surface area contributed by atoms with Crippen molar-refractivity contribution in [3.8, 4) is 0 Å². The molecule has 0 spiro atoms. The second kappa shape index (κ2) is 6.55. The van der Waals surface area contributed by atoms with E-state index in [1.165, 1.54) is 7.11 Å². The zero-order valence-electron chi connectivity index (χ0n) is 11.0. The van der Waals surface area contributed by atoms with Gasteiger partial charge in [0.25, 0.3) is 5.91 Å². The molecule has 3 N–H and O–H groups in total. The maximum absolute atomic E-state index is 11.7. The van der Waals surface area contributed by atoms with Crippen LogP contribution >= 0.6 is 15.9 Å². The van der Waals surface area contributed by atoms with Gasteiger partial charge in [-0.1, -0.05) is 0 Å². The van der Waals surface area contributed by atoms with Crippen molar-refractivity contribution in [2.24, 2.45) is 0 Å². The highest BCUT2D eigenvalue weighted by Gasteiger charge is 2.11. The molecule has 0 saturated carbocycles. The topological polar surface area (TPSA) is 113 Å². The van der Waals surface area contributed by atoms with Gasteiger partial charge in [-0.3, -0.25) is 4.79 Å². The molecule has 8 nitrogen and oxygen atoms in total. The Morgan fingerprint density at radius 1 is 1.24 bits per heavy atom. The predicted molar refractivity (Wildman–Crippen MR) is 78.1 cm³/mol. The zero-order chi connectivity index (χ0) is 15.4. The molecule has 0 atom stereocenters. The summed E-state index contributed by atoms with van der Waals surface area (Å²) in [5.41, 5.74) is 1.27. The SMILES string of the molecule is COCC(=O)OCC(=O)Nc1cc2[nH]c(=O)[nH]c2cc1Br. The van der Waals surface area contributed by atoms with Crippen LogP contribution in [-0.4, -0.2) is 42.2 Å². The Bertz CT molecular complexity index is 736. The summed E-state index contributed by atoms with van der Waals surface area (Å²) < 4.78 is 9.85. The zero-order valence-corrected chi connectivity index (χ0v) is 12.6. The van der Waals surface area contributed by atoms with E-state index in [4.69, 9.17) is 4.74 Å². The van der Waals surface area contributed by atoms with Crippen molar-refractivity contribution in [2.45, 2.75) is 0 Å². The molecule has 1 aromatic heterocycles. The number of esters is 1. The molecule has 1 aromatic carbocycles. The van der Waals surface area contributed by atoms with Crippen molar-refractivity contribution in [1.29, 1.82) is 0 Å². The number of imidazole rings is 1. The monoisotopic (exact) mass is 357 g/mol. The Labute approximate surface area is 126 Å². The number of rotatable bonds is 5. The van der Waals surface area contributed by atoms with E-state index in [-0.39, 0.29) is 12.3 Å². The number of nitrogens with one attached hydrogen (secondary N) is 3. The van der Waals surface area contributed by atoms with Gasteiger partial charge in [0, 0.05) is 11.6 Å². The number of aromatic nitrogens is 2. The second-order valence-corrected chi connectivity index (χ2v) is 4.95. The minimum absolute atomic E-state index is 0.215. The molecule has 2 rings (SSSR count). The van der Waals surface area contributed by atoms with E-state index in [0.717, 1.165) is 0 Å². The Hall–Kier alpha value is -2.13. The quantitative estimate of drug-likeness (QED) is 0.683. The second-order valence-electron chi connectivity index (χ2n) is 4.10. The van der Waals surface area contributed by atoms with Crippen molar-refractivity contribution < 1.29 is 19.1 Å². The Balaban J connectivity index is 2.05. The van der Waals surface area contributed by atoms with Crippen molar-refractivity contribution in [1.82, 2.24) is 9.97 Å². The van der Waals surface area contributed by atoms with Gasteiger partial charge in [-0.15, -0.1) is 0 Å². The first-order valence-corrected chi connectivity index (χ1v) is 6.65. The van der Waals surface area contributed by atoms with Crippen molar-refractivity contribution in [3.05, 3.63) is 27.1 Å². The number of carbonyl (C=O) groups excluding carboxylic acids is 2. The first-order chi connectivity index (χ1) is 9.99. The minimum atomic E-state index is -0.628. The van der Waals surface area contributed by atoms with E-state index >= 15 is 0 Å². The highest BCUT2D eigenvalue weighted by molar-refractivity contribution is 9.10. The predicted octanol–water partition coefficient (Wildman–Crippen LogP) is 0.747. The third-order valence-corrected chi connectivity index (χ3v) is 3.16. The van der Waals surface area contributed by atoms with Gasteiger partial charge < -0.3 is 24.8 Å². The van der Waals surface area contributed by atoms with Crippen molar-refractivity contribution in [3.63, 3.8) is 0 Å². The highest BCUT2D eigenvalue weighted by atomic mass is 79.9. The number of H-pyrrole nitrogens is 2. The van der Waals surface area contributed by atoms with Crippen LogP contribution in [0.5, 0.6) is 0 Å². The molecule has 0 fully saturated rings. The summed E-state index contributed by atoms with van der Waals surface area (Å²) in [7, 11) is 1.35. The molecule has 0 aliphatic rings. The number of aromatic amines is 2. The molecule has 0 bridgehead atoms. The molecule has 2 aromatic rings. The number of ether oxygens (including phenoxy) is 2. The van der Waals surface area contributed by atoms with Crippen LogP contribution < -0.4 is 11.0 Å². The lowest BCUT2D eigenvalue weighted by Crippen LogP contribution is -2.22. The maximum atomic E-state index is 11.7. The molecule has 1 heterocycles. The van der Waals surface area contributed by atoms with Crippen LogP contribution in [0.1, 0.15) is 0 Å². The third kappa shape index (κ3) is 3.92. The van der Waals surface area contributed by atoms with Crippen LogP contribution in [0.25, 0.3) is 11.0 Å². The lowest BCUT2D eigenvalue weighted by molar-refractivity contribution is -0.150. The van der Waals surface area contributed by atoms with Crippen LogP contribution in [0.2, 0.25) is 0 Å². The van der Waals surface area contributed by atoms with E-state index in [1.54, 1.807) is 12.1 Å². The number of carbonyl (C=O) groups is 2. The van der Waals surface area contributed by atoms with Gasteiger partial charge in [0.2, 0.25) is 0 Å². The number of fused-ring (bicyclic) bond motifs is 1. The fourth-order valence-electron chi connectivity index (χ4n) is 1.64. The molecule has 9 heteroatoms. The van der Waals surface area contributed by atoms with Gasteiger partial charge >= 0.3 is 11.7 Å². The lowest BCUT2D eigenvalue weighted by Gasteiger charge is -2.08. The van der Waals surface area contributed by atoms with E-state index in [9.17, 15) is 14.4 Å². The van der Waals surface area contributed by atoms with Gasteiger partial charge in [-0.05, 0) is 28.1 Å². The molecule has 1 amide bonds. The van der Waals surface area contributed by atoms with E-state index in [1.807, 2.05) is 0 Å². The molecular formula is C12H12BrN3O5. The summed E-state index contributed by atoms with van der Waals surface area (Å²) in [5, 5.41) is 2.57. The maximum Gasteiger partial charge on any atom is 0.332 e. The van der Waals surface area contributed by atoms with Crippen molar-refractivity contribution >= 4 is 44.5 Å². The van der Waals surface area contributed by atoms with Crippen LogP contribution in [0.3, 0.4) is 0 Å². The summed E-state index contributed by atoms with van der Waals surface area (Å²) in [6, 6.07) is 3.24. The standard InChI is InChI=1S/C12H12BrN3O5/c1-20-5-11(18)21-4-10(17)14-7-3-9-8(2-6(7)13)15-12(19)16-9/h2-3H,4-5H2,1H3,(H,14,17)(H2,15,16,19). The highest BCUT2D eigenvalue weighted by Crippen LogP contribution is 2.26. The van der Waals surface area contributed by atoms with E-state index < -0.39 is 18.5 Å². The van der Waals surface area contributed by atoms with E-state index in [0.29, 0.717) is 21.2 Å². The Morgan fingerprint density at radius 2 is 1.90 bits per heavy atom. The molecule has 0 radical (unpaired) electrons. The van der Waals surface area contributed by atoms with Gasteiger partial charge in [0.15, 0.2) is 6.61 Å². The van der Waals surface area contributed by atoms with E-state index in [2.05, 4.69) is 36.0 Å². The number of benzene rings is 1. The average molecular weight is 358 g/mol. The molecule has 0 aliphatic heterocycles. The van der Waals surface area contributed by atoms with Crippen LogP contribution in [0, 0.1) is 0 Å². The molecule has 112 valence electrons. The molecular weight excluding hydrogens is 346 g/mol. The van der Waals surface area contributed by atoms with Gasteiger partial charge in [0.05, 0.1) is 16.7 Å². The fourth-order valence-corrected chi connectivity index (χ4v) is 2.09. The Morgan fingerprint density at radius 3 is 2.57 bits per heavy atom. The Kier molecular flexibility index (Phi) is 4.76. The van der Waals surface area contributed by atoms with Crippen LogP contribution in [-0.2, 0) is 19.1 Å². The van der Waals surface area contributed by atoms with Gasteiger partial charge in [-0.2, -0.15) is 0 Å². The summed E-state index contributed by atoms with van der Waals surface area (Å²) in [5.74, 6) is -1.13. The summed E-state index contributed by atoms with van der Waals surface area (Å²) in [6.45, 7) is -0.635. The first-order valence-electron chi connectivity index (χ1n) is 5.85. The molecule has 21 heavy (non-hydrogen) atoms. The number of methoxy groups -OCH3 is 1. The number of amides is 1. The number of hydrogen-bond acceptors (Lipinski definition) is 5. The number of halogens is 1. The lowest BCUT2D eigenvalue weighted by atomic mass is 10.2. The van der Waals surface area contributed by atoms with Gasteiger partial charge in [0.1, 0.15) is 6.61 Å². The number of anilines is 1. The summed E-state index contributed by atoms with van der Waals surface area (Å²) in [6.07, 6.45) is 0. The van der Waals surface area contributed by atoms with Crippen LogP contribution in [0.4, 0.5) is 5.69 Å². The minimum Gasteiger partial charge on any atom is -0.454 e. The third-order valence-electron chi connectivity index (χ3n) is 2.50. The summed E-state index contributed by atoms with van der Waals surface area (Å²) in [4.78, 5) is 39.1. The van der Waals surface area contributed by atoms with Crippen LogP contribution in [0.15, 0.2) is 21.4 Å². The normalized spacial score (nSPS) is 10.6. The van der Waals surface area contributed by atoms with Gasteiger partial charge in [-0.25, -0.2) is 9.59 Å².